The summed E-state index contributed by atoms with van der Waals surface area (Å²) in [5.41, 5.74) is 0.834. The summed E-state index contributed by atoms with van der Waals surface area (Å²) in [7, 11) is 0. The number of thiazole rings is 1. The Balaban J connectivity index is 1.95. The molecule has 0 aromatic carbocycles. The lowest BCUT2D eigenvalue weighted by Crippen LogP contribution is -2.16. The zero-order valence-electron chi connectivity index (χ0n) is 10.1. The van der Waals surface area contributed by atoms with E-state index < -0.39 is 24.9 Å². The number of amides is 1. The van der Waals surface area contributed by atoms with E-state index in [4.69, 9.17) is 0 Å². The van der Waals surface area contributed by atoms with Crippen LogP contribution in [0, 0.1) is 0 Å². The van der Waals surface area contributed by atoms with Crippen molar-refractivity contribution < 1.29 is 18.0 Å². The Morgan fingerprint density at radius 2 is 2.00 bits per heavy atom. The summed E-state index contributed by atoms with van der Waals surface area (Å²) in [6, 6.07) is 3.52. The van der Waals surface area contributed by atoms with E-state index in [0.29, 0.717) is 5.01 Å². The Morgan fingerprint density at radius 3 is 2.65 bits per heavy atom. The Kier molecular flexibility index (Phi) is 4.33. The van der Waals surface area contributed by atoms with Gasteiger partial charge in [0.15, 0.2) is 0 Å². The highest BCUT2D eigenvalue weighted by molar-refractivity contribution is 7.13. The summed E-state index contributed by atoms with van der Waals surface area (Å²) in [6.45, 7) is 0. The third kappa shape index (κ3) is 4.30. The van der Waals surface area contributed by atoms with Crippen molar-refractivity contribution in [1.29, 1.82) is 0 Å². The molecule has 0 saturated heterocycles. The molecule has 0 aliphatic rings. The predicted octanol–water partition coefficient (Wildman–Crippen LogP) is 3.49. The van der Waals surface area contributed by atoms with Crippen LogP contribution in [0.15, 0.2) is 29.9 Å². The van der Waals surface area contributed by atoms with Gasteiger partial charge in [-0.3, -0.25) is 9.78 Å². The van der Waals surface area contributed by atoms with Crippen molar-refractivity contribution in [3.05, 3.63) is 29.9 Å². The molecule has 2 heterocycles. The molecule has 0 unspecified atom stereocenters. The standard InChI is InChI=1S/C12H10F3N3OS/c13-12(14,15)4-1-10(19)17-9-7-20-11(18-9)8-2-5-16-6-3-8/h2-3,5-7H,1,4H2,(H,17,19). The van der Waals surface area contributed by atoms with E-state index in [1.807, 2.05) is 0 Å². The lowest BCUT2D eigenvalue weighted by Gasteiger charge is -2.05. The molecule has 0 aliphatic carbocycles. The molecule has 106 valence electrons. The summed E-state index contributed by atoms with van der Waals surface area (Å²) >= 11 is 1.29. The first kappa shape index (κ1) is 14.4. The number of anilines is 1. The van der Waals surface area contributed by atoms with E-state index in [9.17, 15) is 18.0 Å². The van der Waals surface area contributed by atoms with E-state index in [1.165, 1.54) is 11.3 Å². The van der Waals surface area contributed by atoms with Gasteiger partial charge in [0.1, 0.15) is 10.8 Å². The highest BCUT2D eigenvalue weighted by Crippen LogP contribution is 2.26. The van der Waals surface area contributed by atoms with Gasteiger partial charge in [-0.2, -0.15) is 13.2 Å². The van der Waals surface area contributed by atoms with Gasteiger partial charge in [0.25, 0.3) is 0 Å². The van der Waals surface area contributed by atoms with Crippen LogP contribution in [-0.4, -0.2) is 22.1 Å². The largest absolute Gasteiger partial charge is 0.389 e. The van der Waals surface area contributed by atoms with Gasteiger partial charge in [-0.25, -0.2) is 4.98 Å². The van der Waals surface area contributed by atoms with E-state index in [-0.39, 0.29) is 5.82 Å². The van der Waals surface area contributed by atoms with Gasteiger partial charge in [-0.1, -0.05) is 0 Å². The molecule has 2 aromatic rings. The fourth-order valence-electron chi connectivity index (χ4n) is 1.42. The van der Waals surface area contributed by atoms with Gasteiger partial charge in [0, 0.05) is 29.8 Å². The zero-order chi connectivity index (χ0) is 14.6. The molecule has 1 N–H and O–H groups in total. The predicted molar refractivity (Wildman–Crippen MR) is 69.3 cm³/mol. The number of carbonyl (C=O) groups is 1. The first-order chi connectivity index (χ1) is 9.44. The highest BCUT2D eigenvalue weighted by atomic mass is 32.1. The van der Waals surface area contributed by atoms with Crippen LogP contribution in [0.25, 0.3) is 10.6 Å². The quantitative estimate of drug-likeness (QED) is 0.940. The first-order valence-electron chi connectivity index (χ1n) is 5.66. The molecule has 0 bridgehead atoms. The summed E-state index contributed by atoms with van der Waals surface area (Å²) in [6.07, 6.45) is -2.86. The number of pyridine rings is 1. The van der Waals surface area contributed by atoms with Crippen LogP contribution >= 0.6 is 11.3 Å². The Labute approximate surface area is 116 Å². The van der Waals surface area contributed by atoms with Crippen LogP contribution in [0.2, 0.25) is 0 Å². The van der Waals surface area contributed by atoms with Crippen molar-refractivity contribution in [2.75, 3.05) is 5.32 Å². The lowest BCUT2D eigenvalue weighted by atomic mass is 10.3. The summed E-state index contributed by atoms with van der Waals surface area (Å²) in [5.74, 6) is -0.442. The first-order valence-corrected chi connectivity index (χ1v) is 6.54. The highest BCUT2D eigenvalue weighted by Gasteiger charge is 2.27. The van der Waals surface area contributed by atoms with E-state index in [0.717, 1.165) is 5.56 Å². The Bertz CT molecular complexity index is 583. The maximum Gasteiger partial charge on any atom is 0.389 e. The van der Waals surface area contributed by atoms with Crippen molar-refractivity contribution in [1.82, 2.24) is 9.97 Å². The number of carbonyl (C=O) groups excluding carboxylic acids is 1. The van der Waals surface area contributed by atoms with E-state index >= 15 is 0 Å². The number of nitrogens with zero attached hydrogens (tertiary/aromatic N) is 2. The monoisotopic (exact) mass is 301 g/mol. The fraction of sp³-hybridized carbons (Fsp3) is 0.250. The molecule has 0 spiro atoms. The van der Waals surface area contributed by atoms with E-state index in [2.05, 4.69) is 15.3 Å². The minimum Gasteiger partial charge on any atom is -0.310 e. The molecule has 0 saturated carbocycles. The molecule has 20 heavy (non-hydrogen) atoms. The SMILES string of the molecule is O=C(CCC(F)(F)F)Nc1csc(-c2ccncc2)n1. The van der Waals surface area contributed by atoms with Crippen molar-refractivity contribution >= 4 is 23.1 Å². The van der Waals surface area contributed by atoms with Crippen LogP contribution in [-0.2, 0) is 4.79 Å². The molecule has 1 amide bonds. The van der Waals surface area contributed by atoms with Crippen molar-refractivity contribution in [2.45, 2.75) is 19.0 Å². The molecule has 0 fully saturated rings. The number of nitrogens with one attached hydrogen (secondary N) is 1. The smallest absolute Gasteiger partial charge is 0.310 e. The van der Waals surface area contributed by atoms with Crippen LogP contribution < -0.4 is 5.32 Å². The third-order valence-electron chi connectivity index (χ3n) is 2.33. The molecule has 2 aromatic heterocycles. The number of aromatic nitrogens is 2. The minimum absolute atomic E-state index is 0.258. The van der Waals surface area contributed by atoms with Crippen LogP contribution in [0.1, 0.15) is 12.8 Å². The van der Waals surface area contributed by atoms with Gasteiger partial charge in [-0.15, -0.1) is 11.3 Å². The van der Waals surface area contributed by atoms with Crippen molar-refractivity contribution in [2.24, 2.45) is 0 Å². The Morgan fingerprint density at radius 1 is 1.30 bits per heavy atom. The van der Waals surface area contributed by atoms with Crippen LogP contribution in [0.5, 0.6) is 0 Å². The van der Waals surface area contributed by atoms with Gasteiger partial charge >= 0.3 is 6.18 Å². The minimum atomic E-state index is -4.33. The topological polar surface area (TPSA) is 54.9 Å². The van der Waals surface area contributed by atoms with Crippen LogP contribution in [0.3, 0.4) is 0 Å². The number of hydrogen-bond acceptors (Lipinski definition) is 4. The third-order valence-corrected chi connectivity index (χ3v) is 3.23. The molecule has 0 atom stereocenters. The maximum absolute atomic E-state index is 12.0. The number of halogens is 3. The molecular weight excluding hydrogens is 291 g/mol. The summed E-state index contributed by atoms with van der Waals surface area (Å²) in [5, 5.41) is 4.60. The average molecular weight is 301 g/mol. The van der Waals surface area contributed by atoms with Gasteiger partial charge in [0.2, 0.25) is 5.91 Å². The van der Waals surface area contributed by atoms with E-state index in [1.54, 1.807) is 29.9 Å². The molecular formula is C12H10F3N3OS. The molecule has 4 nitrogen and oxygen atoms in total. The number of alkyl halides is 3. The Hall–Kier alpha value is -1.96. The molecule has 0 aliphatic heterocycles. The van der Waals surface area contributed by atoms with Gasteiger partial charge in [0.05, 0.1) is 6.42 Å². The second-order valence-electron chi connectivity index (χ2n) is 3.94. The fourth-order valence-corrected chi connectivity index (χ4v) is 2.18. The number of hydrogen-bond donors (Lipinski definition) is 1. The summed E-state index contributed by atoms with van der Waals surface area (Å²) in [4.78, 5) is 19.4. The zero-order valence-corrected chi connectivity index (χ0v) is 11.0. The normalized spacial score (nSPS) is 11.3. The number of rotatable bonds is 4. The maximum atomic E-state index is 12.0. The second-order valence-corrected chi connectivity index (χ2v) is 4.80. The van der Waals surface area contributed by atoms with Crippen molar-refractivity contribution in [3.8, 4) is 10.6 Å². The van der Waals surface area contributed by atoms with Crippen molar-refractivity contribution in [3.63, 3.8) is 0 Å². The molecule has 8 heteroatoms. The molecule has 2 rings (SSSR count). The van der Waals surface area contributed by atoms with Gasteiger partial charge < -0.3 is 5.32 Å². The van der Waals surface area contributed by atoms with Gasteiger partial charge in [-0.05, 0) is 12.1 Å². The average Bonchev–Trinajstić information content (AvgIpc) is 2.85. The molecule has 0 radical (unpaired) electrons. The second kappa shape index (κ2) is 6.00. The lowest BCUT2D eigenvalue weighted by molar-refractivity contribution is -0.142. The summed E-state index contributed by atoms with van der Waals surface area (Å²) < 4.78 is 35.9. The van der Waals surface area contributed by atoms with Crippen LogP contribution in [0.4, 0.5) is 19.0 Å².